The number of aliphatic hydroxyl groups is 1. The Balaban J connectivity index is 1.37. The fourth-order valence-electron chi connectivity index (χ4n) is 6.65. The maximum atomic E-state index is 13.3. The number of hydrogen-bond acceptors (Lipinski definition) is 6. The van der Waals surface area contributed by atoms with Gasteiger partial charge in [0.2, 0.25) is 10.0 Å². The van der Waals surface area contributed by atoms with Crippen LogP contribution in [0.2, 0.25) is 5.02 Å². The zero-order valence-corrected chi connectivity index (χ0v) is 24.2. The van der Waals surface area contributed by atoms with E-state index in [1.165, 1.54) is 5.56 Å². The molecule has 2 fully saturated rings. The van der Waals surface area contributed by atoms with Crippen molar-refractivity contribution in [1.29, 1.82) is 0 Å². The summed E-state index contributed by atoms with van der Waals surface area (Å²) in [6.07, 6.45) is 9.96. The van der Waals surface area contributed by atoms with Gasteiger partial charge < -0.3 is 14.7 Å². The number of allylic oxidation sites excluding steroid dienone is 1. The molecule has 0 saturated heterocycles. The van der Waals surface area contributed by atoms with E-state index in [1.807, 2.05) is 30.4 Å². The lowest BCUT2D eigenvalue weighted by Gasteiger charge is -2.43. The highest BCUT2D eigenvalue weighted by molar-refractivity contribution is 7.90. The summed E-state index contributed by atoms with van der Waals surface area (Å²) in [5.41, 5.74) is 3.34. The molecule has 2 bridgehead atoms. The van der Waals surface area contributed by atoms with E-state index in [9.17, 15) is 18.3 Å². The molecule has 2 aromatic carbocycles. The summed E-state index contributed by atoms with van der Waals surface area (Å²) in [4.78, 5) is 15.5. The second-order valence-electron chi connectivity index (χ2n) is 11.8. The zero-order chi connectivity index (χ0) is 27.9. The average molecular weight is 585 g/mol. The molecule has 0 aromatic heterocycles. The number of fused-ring (bicyclic) bond motifs is 4. The number of nitrogens with one attached hydrogen (secondary N) is 1. The van der Waals surface area contributed by atoms with Crippen LogP contribution in [0.3, 0.4) is 0 Å². The number of aryl methyl sites for hydroxylation is 1. The van der Waals surface area contributed by atoms with Gasteiger partial charge in [-0.2, -0.15) is 0 Å². The Bertz CT molecular complexity index is 1410. The first kappa shape index (κ1) is 27.6. The van der Waals surface area contributed by atoms with E-state index in [1.54, 1.807) is 18.2 Å². The molecular weight excluding hydrogens is 548 g/mol. The summed E-state index contributed by atoms with van der Waals surface area (Å²) >= 11 is 6.29. The maximum Gasteiger partial charge on any atom is 0.264 e. The van der Waals surface area contributed by atoms with E-state index in [-0.39, 0.29) is 11.8 Å². The third-order valence-corrected chi connectivity index (χ3v) is 11.5. The van der Waals surface area contributed by atoms with Crippen LogP contribution in [-0.2, 0) is 23.1 Å². The highest BCUT2D eigenvalue weighted by atomic mass is 35.5. The first-order valence-electron chi connectivity index (χ1n) is 14.5. The number of carbonyl (C=O) groups excluding carboxylic acids is 1. The van der Waals surface area contributed by atoms with Gasteiger partial charge in [-0.1, -0.05) is 29.8 Å². The summed E-state index contributed by atoms with van der Waals surface area (Å²) in [5.74, 6) is 0.468. The molecule has 0 unspecified atom stereocenters. The molecule has 2 N–H and O–H groups in total. The van der Waals surface area contributed by atoms with Crippen molar-refractivity contribution in [3.63, 3.8) is 0 Å². The first-order chi connectivity index (χ1) is 19.3. The van der Waals surface area contributed by atoms with Crippen LogP contribution in [0.1, 0.15) is 66.4 Å². The van der Waals surface area contributed by atoms with E-state index in [4.69, 9.17) is 16.3 Å². The van der Waals surface area contributed by atoms with Crippen molar-refractivity contribution in [2.45, 2.75) is 69.3 Å². The molecule has 6 rings (SSSR count). The molecule has 2 aliphatic carbocycles. The van der Waals surface area contributed by atoms with E-state index >= 15 is 0 Å². The Morgan fingerprint density at radius 2 is 1.85 bits per heavy atom. The number of ether oxygens (including phenoxy) is 1. The number of benzene rings is 2. The van der Waals surface area contributed by atoms with Crippen molar-refractivity contribution in [2.75, 3.05) is 18.0 Å². The minimum atomic E-state index is -3.82. The largest absolute Gasteiger partial charge is 0.487 e. The predicted molar refractivity (Wildman–Crippen MR) is 156 cm³/mol. The standard InChI is InChI=1S/C31H37ClN2O5S/c32-25-11-7-24-19-39-29-13-9-22-17-27(29)34(15-2-1-4-21(24)16-25)18-23-8-12-26(23)28(35)6-3-5-20-10-14-30(20)40(37,38)33-31(22)36/h3,6-7,9,11,13,16-17,20,23,26,28,30,35H,1-2,4-5,8,10,12,14-15,18-19H2,(H,33,36)/b6-3+/t20-,23-,26+,28-,30-/m0/s1. The Kier molecular flexibility index (Phi) is 7.85. The normalized spacial score (nSPS) is 30.9. The molecule has 214 valence electrons. The van der Waals surface area contributed by atoms with Crippen LogP contribution in [-0.4, -0.2) is 43.9 Å². The molecule has 1 amide bonds. The van der Waals surface area contributed by atoms with E-state index < -0.39 is 27.3 Å². The number of rotatable bonds is 0. The third kappa shape index (κ3) is 5.63. The second kappa shape index (κ2) is 11.4. The zero-order valence-electron chi connectivity index (χ0n) is 22.6. The number of carbonyl (C=O) groups is 1. The Hall–Kier alpha value is -2.55. The summed E-state index contributed by atoms with van der Waals surface area (Å²) in [6.45, 7) is 1.86. The fourth-order valence-corrected chi connectivity index (χ4v) is 8.57. The maximum absolute atomic E-state index is 13.3. The Labute approximate surface area is 241 Å². The number of amides is 1. The average Bonchev–Trinajstić information content (AvgIpc) is 2.90. The summed E-state index contributed by atoms with van der Waals surface area (Å²) in [6, 6.07) is 11.1. The van der Waals surface area contributed by atoms with Crippen molar-refractivity contribution in [3.05, 3.63) is 70.3 Å². The van der Waals surface area contributed by atoms with Gasteiger partial charge in [-0.25, -0.2) is 13.1 Å². The van der Waals surface area contributed by atoms with Gasteiger partial charge >= 0.3 is 0 Å². The molecule has 5 atom stereocenters. The monoisotopic (exact) mass is 584 g/mol. The number of nitrogens with zero attached hydrogens (tertiary/aromatic N) is 1. The van der Waals surface area contributed by atoms with Gasteiger partial charge in [0.05, 0.1) is 17.0 Å². The van der Waals surface area contributed by atoms with Crippen molar-refractivity contribution in [1.82, 2.24) is 4.72 Å². The van der Waals surface area contributed by atoms with Gasteiger partial charge in [-0.05, 0) is 111 Å². The summed E-state index contributed by atoms with van der Waals surface area (Å²) in [5, 5.41) is 11.1. The second-order valence-corrected chi connectivity index (χ2v) is 14.1. The predicted octanol–water partition coefficient (Wildman–Crippen LogP) is 5.25. The molecule has 7 nitrogen and oxygen atoms in total. The smallest absolute Gasteiger partial charge is 0.264 e. The highest BCUT2D eigenvalue weighted by Crippen LogP contribution is 2.42. The molecule has 0 spiro atoms. The lowest BCUT2D eigenvalue weighted by molar-refractivity contribution is 0.0460. The van der Waals surface area contributed by atoms with Crippen LogP contribution in [0.15, 0.2) is 48.6 Å². The Morgan fingerprint density at radius 1 is 1.00 bits per heavy atom. The topological polar surface area (TPSA) is 95.9 Å². The number of sulfonamides is 1. The van der Waals surface area contributed by atoms with Gasteiger partial charge in [0.15, 0.2) is 0 Å². The highest BCUT2D eigenvalue weighted by Gasteiger charge is 2.42. The number of aliphatic hydroxyl groups excluding tert-OH is 1. The van der Waals surface area contributed by atoms with Crippen molar-refractivity contribution in [2.24, 2.45) is 17.8 Å². The van der Waals surface area contributed by atoms with Crippen molar-refractivity contribution < 1.29 is 23.1 Å². The SMILES string of the molecule is O=C1NS(=O)(=O)[C@H]2CC[C@@H]2C/C=C/[C@H](O)[C@@H]2CC[C@H]2CN2CCCCc3cc(Cl)ccc3COc3ccc1cc32. The lowest BCUT2D eigenvalue weighted by atomic mass is 9.70. The third-order valence-electron chi connectivity index (χ3n) is 9.36. The van der Waals surface area contributed by atoms with Crippen LogP contribution < -0.4 is 14.4 Å². The van der Waals surface area contributed by atoms with Gasteiger partial charge in [0.25, 0.3) is 5.91 Å². The van der Waals surface area contributed by atoms with Gasteiger partial charge in [-0.3, -0.25) is 4.79 Å². The van der Waals surface area contributed by atoms with Crippen LogP contribution in [0.4, 0.5) is 5.69 Å². The van der Waals surface area contributed by atoms with E-state index in [2.05, 4.69) is 9.62 Å². The van der Waals surface area contributed by atoms with Gasteiger partial charge in [-0.15, -0.1) is 0 Å². The van der Waals surface area contributed by atoms with E-state index in [0.29, 0.717) is 41.7 Å². The first-order valence-corrected chi connectivity index (χ1v) is 16.4. The van der Waals surface area contributed by atoms with Crippen molar-refractivity contribution >= 4 is 33.2 Å². The number of halogens is 1. The molecule has 2 heterocycles. The van der Waals surface area contributed by atoms with E-state index in [0.717, 1.165) is 62.9 Å². The number of hydrogen-bond donors (Lipinski definition) is 2. The molecule has 2 aliphatic heterocycles. The molecule has 0 radical (unpaired) electrons. The number of anilines is 1. The van der Waals surface area contributed by atoms with Gasteiger partial charge in [0, 0.05) is 23.7 Å². The fraction of sp³-hybridized carbons (Fsp3) is 0.516. The minimum Gasteiger partial charge on any atom is -0.487 e. The lowest BCUT2D eigenvalue weighted by Crippen LogP contribution is -2.47. The molecule has 4 aliphatic rings. The summed E-state index contributed by atoms with van der Waals surface area (Å²) < 4.78 is 35.0. The van der Waals surface area contributed by atoms with Crippen LogP contribution in [0, 0.1) is 17.8 Å². The summed E-state index contributed by atoms with van der Waals surface area (Å²) in [7, 11) is -3.82. The molecule has 40 heavy (non-hydrogen) atoms. The van der Waals surface area contributed by atoms with Gasteiger partial charge in [0.1, 0.15) is 12.4 Å². The van der Waals surface area contributed by atoms with Crippen LogP contribution >= 0.6 is 11.6 Å². The minimum absolute atomic E-state index is 0.0482. The van der Waals surface area contributed by atoms with Crippen LogP contribution in [0.25, 0.3) is 0 Å². The quantitative estimate of drug-likeness (QED) is 0.411. The van der Waals surface area contributed by atoms with Crippen molar-refractivity contribution in [3.8, 4) is 5.75 Å². The molecule has 2 aromatic rings. The molecule has 9 heteroatoms. The molecule has 2 saturated carbocycles. The molecular formula is C31H37ClN2O5S. The Morgan fingerprint density at radius 3 is 2.62 bits per heavy atom. The van der Waals surface area contributed by atoms with Crippen LogP contribution in [0.5, 0.6) is 5.75 Å².